The van der Waals surface area contributed by atoms with E-state index in [0.717, 1.165) is 11.1 Å². The fourth-order valence-electron chi connectivity index (χ4n) is 0.965. The molecule has 0 saturated carbocycles. The lowest BCUT2D eigenvalue weighted by Crippen LogP contribution is -2.19. The third-order valence-corrected chi connectivity index (χ3v) is 3.28. The molecule has 1 rings (SSSR count). The topological polar surface area (TPSA) is 40.5 Å². The molecule has 0 fully saturated rings. The predicted octanol–water partition coefficient (Wildman–Crippen LogP) is 1.85. The summed E-state index contributed by atoms with van der Waals surface area (Å²) in [5.74, 6) is 0. The van der Waals surface area contributed by atoms with E-state index in [0.29, 0.717) is 5.33 Å². The van der Waals surface area contributed by atoms with Gasteiger partial charge in [-0.1, -0.05) is 15.9 Å². The molecular formula is C8H11BrO2S. The van der Waals surface area contributed by atoms with Crippen molar-refractivity contribution in [3.63, 3.8) is 0 Å². The number of rotatable bonds is 3. The van der Waals surface area contributed by atoms with Crippen LogP contribution in [0.15, 0.2) is 10.8 Å². The molecule has 1 aromatic rings. The lowest BCUT2D eigenvalue weighted by Gasteiger charge is -2.14. The highest BCUT2D eigenvalue weighted by molar-refractivity contribution is 9.09. The van der Waals surface area contributed by atoms with Crippen molar-refractivity contribution in [3.05, 3.63) is 21.9 Å². The Hall–Kier alpha value is 0.100. The molecule has 0 aromatic carbocycles. The van der Waals surface area contributed by atoms with Crippen LogP contribution in [-0.4, -0.2) is 21.6 Å². The number of aliphatic hydroxyl groups excluding tert-OH is 2. The molecule has 0 spiro atoms. The summed E-state index contributed by atoms with van der Waals surface area (Å²) in [6.45, 7) is 1.93. The van der Waals surface area contributed by atoms with Crippen LogP contribution in [0.4, 0.5) is 0 Å². The van der Waals surface area contributed by atoms with Crippen molar-refractivity contribution in [3.8, 4) is 0 Å². The van der Waals surface area contributed by atoms with Crippen LogP contribution in [0, 0.1) is 6.92 Å². The molecule has 0 aliphatic heterocycles. The van der Waals surface area contributed by atoms with E-state index in [4.69, 9.17) is 0 Å². The van der Waals surface area contributed by atoms with Crippen molar-refractivity contribution in [2.24, 2.45) is 0 Å². The molecular weight excluding hydrogens is 240 g/mol. The van der Waals surface area contributed by atoms with Crippen molar-refractivity contribution in [1.82, 2.24) is 0 Å². The molecule has 0 saturated heterocycles. The van der Waals surface area contributed by atoms with Crippen LogP contribution in [0.2, 0.25) is 0 Å². The maximum atomic E-state index is 9.59. The zero-order valence-electron chi connectivity index (χ0n) is 6.70. The molecule has 0 bridgehead atoms. The molecule has 4 heteroatoms. The van der Waals surface area contributed by atoms with Crippen LogP contribution < -0.4 is 0 Å². The summed E-state index contributed by atoms with van der Waals surface area (Å²) in [5, 5.41) is 23.1. The lowest BCUT2D eigenvalue weighted by atomic mass is 10.1. The Balaban J connectivity index is 2.77. The standard InChI is InChI=1S/C8H11BrO2S/c1-5-3-12-4-6(5)8(11)7(10)2-9/h3-4,7-8,10-11H,2H2,1H3. The first-order valence-corrected chi connectivity index (χ1v) is 5.68. The van der Waals surface area contributed by atoms with E-state index in [9.17, 15) is 10.2 Å². The SMILES string of the molecule is Cc1cscc1C(O)C(O)CBr. The molecule has 2 unspecified atom stereocenters. The fourth-order valence-corrected chi connectivity index (χ4v) is 2.20. The summed E-state index contributed by atoms with van der Waals surface area (Å²) in [5.41, 5.74) is 1.86. The molecule has 0 radical (unpaired) electrons. The van der Waals surface area contributed by atoms with Gasteiger partial charge in [-0.2, -0.15) is 11.3 Å². The zero-order chi connectivity index (χ0) is 9.14. The first-order valence-electron chi connectivity index (χ1n) is 3.61. The van der Waals surface area contributed by atoms with Gasteiger partial charge in [0.05, 0.1) is 6.10 Å². The number of aryl methyl sites for hydroxylation is 1. The average molecular weight is 251 g/mol. The summed E-state index contributed by atoms with van der Waals surface area (Å²) in [4.78, 5) is 0. The van der Waals surface area contributed by atoms with E-state index in [2.05, 4.69) is 15.9 Å². The Morgan fingerprint density at radius 2 is 2.17 bits per heavy atom. The minimum atomic E-state index is -0.768. The normalized spacial score (nSPS) is 16.0. The minimum absolute atomic E-state index is 0.392. The van der Waals surface area contributed by atoms with Gasteiger partial charge < -0.3 is 10.2 Å². The van der Waals surface area contributed by atoms with Gasteiger partial charge in [0, 0.05) is 5.33 Å². The highest BCUT2D eigenvalue weighted by Crippen LogP contribution is 2.24. The Kier molecular flexibility index (Phi) is 3.71. The van der Waals surface area contributed by atoms with Crippen molar-refractivity contribution in [2.75, 3.05) is 5.33 Å². The summed E-state index contributed by atoms with van der Waals surface area (Å²) >= 11 is 4.65. The molecule has 0 aliphatic rings. The van der Waals surface area contributed by atoms with Crippen molar-refractivity contribution >= 4 is 27.3 Å². The summed E-state index contributed by atoms with van der Waals surface area (Å²) in [7, 11) is 0. The van der Waals surface area contributed by atoms with Crippen LogP contribution in [0.1, 0.15) is 17.2 Å². The number of halogens is 1. The largest absolute Gasteiger partial charge is 0.389 e. The Morgan fingerprint density at radius 3 is 2.58 bits per heavy atom. The van der Waals surface area contributed by atoms with Gasteiger partial charge in [0.2, 0.25) is 0 Å². The molecule has 0 amide bonds. The van der Waals surface area contributed by atoms with Crippen molar-refractivity contribution < 1.29 is 10.2 Å². The molecule has 2 N–H and O–H groups in total. The Labute approximate surface area is 84.0 Å². The monoisotopic (exact) mass is 250 g/mol. The van der Waals surface area contributed by atoms with E-state index in [-0.39, 0.29) is 0 Å². The van der Waals surface area contributed by atoms with Crippen molar-refractivity contribution in [2.45, 2.75) is 19.1 Å². The number of thiophene rings is 1. The molecule has 1 heterocycles. The molecule has 68 valence electrons. The Morgan fingerprint density at radius 1 is 1.50 bits per heavy atom. The van der Waals surface area contributed by atoms with Gasteiger partial charge in [-0.25, -0.2) is 0 Å². The first-order chi connectivity index (χ1) is 5.66. The van der Waals surface area contributed by atoms with Gasteiger partial charge >= 0.3 is 0 Å². The summed E-state index contributed by atoms with van der Waals surface area (Å²) in [6, 6.07) is 0. The van der Waals surface area contributed by atoms with Crippen LogP contribution in [0.25, 0.3) is 0 Å². The second-order valence-electron chi connectivity index (χ2n) is 2.68. The highest BCUT2D eigenvalue weighted by atomic mass is 79.9. The van der Waals surface area contributed by atoms with Crippen LogP contribution >= 0.6 is 27.3 Å². The number of alkyl halides is 1. The second kappa shape index (κ2) is 4.37. The molecule has 2 atom stereocenters. The van der Waals surface area contributed by atoms with E-state index >= 15 is 0 Å². The van der Waals surface area contributed by atoms with Gasteiger partial charge in [-0.05, 0) is 28.8 Å². The van der Waals surface area contributed by atoms with Crippen LogP contribution in [0.5, 0.6) is 0 Å². The Bertz CT molecular complexity index is 249. The van der Waals surface area contributed by atoms with Gasteiger partial charge in [-0.3, -0.25) is 0 Å². The van der Waals surface area contributed by atoms with E-state index < -0.39 is 12.2 Å². The van der Waals surface area contributed by atoms with Gasteiger partial charge in [0.1, 0.15) is 6.10 Å². The second-order valence-corrected chi connectivity index (χ2v) is 4.07. The van der Waals surface area contributed by atoms with E-state index in [1.807, 2.05) is 17.7 Å². The summed E-state index contributed by atoms with van der Waals surface area (Å²) < 4.78 is 0. The maximum Gasteiger partial charge on any atom is 0.107 e. The highest BCUT2D eigenvalue weighted by Gasteiger charge is 2.18. The maximum absolute atomic E-state index is 9.59. The number of hydrogen-bond donors (Lipinski definition) is 2. The zero-order valence-corrected chi connectivity index (χ0v) is 9.10. The first kappa shape index (κ1) is 10.2. The molecule has 2 nitrogen and oxygen atoms in total. The van der Waals surface area contributed by atoms with Gasteiger partial charge in [0.25, 0.3) is 0 Å². The quantitative estimate of drug-likeness (QED) is 0.805. The lowest BCUT2D eigenvalue weighted by molar-refractivity contribution is 0.0341. The third kappa shape index (κ3) is 2.07. The van der Waals surface area contributed by atoms with Crippen LogP contribution in [-0.2, 0) is 0 Å². The number of aliphatic hydroxyl groups is 2. The minimum Gasteiger partial charge on any atom is -0.389 e. The van der Waals surface area contributed by atoms with Gasteiger partial charge in [-0.15, -0.1) is 0 Å². The van der Waals surface area contributed by atoms with Gasteiger partial charge in [0.15, 0.2) is 0 Å². The van der Waals surface area contributed by atoms with Crippen LogP contribution in [0.3, 0.4) is 0 Å². The summed E-state index contributed by atoms with van der Waals surface area (Å²) in [6.07, 6.45) is -1.49. The van der Waals surface area contributed by atoms with E-state index in [1.54, 1.807) is 0 Å². The number of hydrogen-bond acceptors (Lipinski definition) is 3. The molecule has 0 aliphatic carbocycles. The average Bonchev–Trinajstić information content (AvgIpc) is 2.48. The van der Waals surface area contributed by atoms with E-state index in [1.165, 1.54) is 11.3 Å². The smallest absolute Gasteiger partial charge is 0.107 e. The predicted molar refractivity (Wildman–Crippen MR) is 53.8 cm³/mol. The fraction of sp³-hybridized carbons (Fsp3) is 0.500. The molecule has 1 aromatic heterocycles. The molecule has 12 heavy (non-hydrogen) atoms. The van der Waals surface area contributed by atoms with Crippen molar-refractivity contribution in [1.29, 1.82) is 0 Å². The third-order valence-electron chi connectivity index (χ3n) is 1.74.